The van der Waals surface area contributed by atoms with Crippen LogP contribution in [0.1, 0.15) is 110 Å². The number of carbonyl (C=O) groups is 2. The summed E-state index contributed by atoms with van der Waals surface area (Å²) in [7, 11) is 0. The minimum absolute atomic E-state index is 0.00959. The van der Waals surface area contributed by atoms with Gasteiger partial charge in [-0.05, 0) is 38.5 Å². The van der Waals surface area contributed by atoms with Crippen molar-refractivity contribution in [3.63, 3.8) is 0 Å². The van der Waals surface area contributed by atoms with Crippen molar-refractivity contribution in [2.45, 2.75) is 141 Å². The number of carbonyl (C=O) groups excluding carboxylic acids is 2. The Kier molecular flexibility index (Phi) is 13.9. The van der Waals surface area contributed by atoms with Gasteiger partial charge in [0.1, 0.15) is 12.7 Å². The summed E-state index contributed by atoms with van der Waals surface area (Å²) in [5, 5.41) is 10.6. The zero-order valence-corrected chi connectivity index (χ0v) is 20.8. The van der Waals surface area contributed by atoms with Crippen molar-refractivity contribution < 1.29 is 28.9 Å². The number of Topliss-reactive ketones (excluding diaryl/α,β-unsaturated/α-hetero) is 1. The summed E-state index contributed by atoms with van der Waals surface area (Å²) in [6, 6.07) is 0. The van der Waals surface area contributed by atoms with Crippen LogP contribution in [0.5, 0.6) is 0 Å². The molecule has 2 fully saturated rings. The zero-order chi connectivity index (χ0) is 23.9. The molecule has 0 bridgehead atoms. The molecule has 0 spiro atoms. The maximum atomic E-state index is 12.4. The average Bonchev–Trinajstić information content (AvgIpc) is 3.47. The maximum absolute atomic E-state index is 12.4. The Hall–Kier alpha value is -1.24. The van der Waals surface area contributed by atoms with Gasteiger partial charge in [0, 0.05) is 13.3 Å². The van der Waals surface area contributed by atoms with Gasteiger partial charge >= 0.3 is 5.97 Å². The molecular formula is C27H46O6. The quantitative estimate of drug-likeness (QED) is 0.175. The number of hydrogen-bond acceptors (Lipinski definition) is 6. The topological polar surface area (TPSA) is 82.1 Å². The van der Waals surface area contributed by atoms with Crippen LogP contribution >= 0.6 is 0 Å². The molecule has 0 aromatic heterocycles. The molecule has 0 aromatic carbocycles. The van der Waals surface area contributed by atoms with Crippen molar-refractivity contribution in [1.82, 2.24) is 0 Å². The van der Waals surface area contributed by atoms with Gasteiger partial charge in [-0.1, -0.05) is 70.4 Å². The van der Waals surface area contributed by atoms with Crippen LogP contribution in [-0.2, 0) is 23.8 Å². The Morgan fingerprint density at radius 1 is 0.939 bits per heavy atom. The summed E-state index contributed by atoms with van der Waals surface area (Å²) >= 11 is 0. The monoisotopic (exact) mass is 466 g/mol. The predicted octanol–water partition coefficient (Wildman–Crippen LogP) is 5.44. The van der Waals surface area contributed by atoms with Crippen LogP contribution in [0.2, 0.25) is 0 Å². The van der Waals surface area contributed by atoms with Gasteiger partial charge in [-0.3, -0.25) is 9.59 Å². The van der Waals surface area contributed by atoms with Crippen LogP contribution in [0.15, 0.2) is 12.2 Å². The Bertz CT molecular complexity index is 589. The Morgan fingerprint density at radius 3 is 2.33 bits per heavy atom. The molecule has 2 saturated heterocycles. The number of esters is 1. The fraction of sp³-hybridized carbons (Fsp3) is 0.852. The number of aliphatic hydroxyl groups is 1. The molecule has 0 amide bonds. The highest BCUT2D eigenvalue weighted by molar-refractivity contribution is 5.83. The van der Waals surface area contributed by atoms with E-state index < -0.39 is 6.10 Å². The van der Waals surface area contributed by atoms with Gasteiger partial charge in [-0.2, -0.15) is 0 Å². The van der Waals surface area contributed by atoms with E-state index in [1.54, 1.807) is 6.08 Å². The van der Waals surface area contributed by atoms with Gasteiger partial charge in [0.25, 0.3) is 0 Å². The summed E-state index contributed by atoms with van der Waals surface area (Å²) in [5.41, 5.74) is 0. The lowest BCUT2D eigenvalue weighted by atomic mass is 10.0. The van der Waals surface area contributed by atoms with Crippen LogP contribution in [0, 0.1) is 0 Å². The largest absolute Gasteiger partial charge is 0.462 e. The first-order valence-electron chi connectivity index (χ1n) is 13.3. The van der Waals surface area contributed by atoms with Gasteiger partial charge in [-0.25, -0.2) is 0 Å². The molecule has 190 valence electrons. The molecule has 1 N–H and O–H groups in total. The van der Waals surface area contributed by atoms with E-state index >= 15 is 0 Å². The fourth-order valence-corrected chi connectivity index (χ4v) is 4.83. The first-order chi connectivity index (χ1) is 16.0. The molecule has 2 rings (SSSR count). The molecule has 33 heavy (non-hydrogen) atoms. The van der Waals surface area contributed by atoms with E-state index in [9.17, 15) is 14.7 Å². The zero-order valence-electron chi connectivity index (χ0n) is 20.8. The normalized spacial score (nSPS) is 26.2. The lowest BCUT2D eigenvalue weighted by Gasteiger charge is -2.22. The van der Waals surface area contributed by atoms with Crippen molar-refractivity contribution in [3.8, 4) is 0 Å². The van der Waals surface area contributed by atoms with Crippen molar-refractivity contribution in [3.05, 3.63) is 12.2 Å². The molecule has 0 aliphatic carbocycles. The first kappa shape index (κ1) is 28.0. The summed E-state index contributed by atoms with van der Waals surface area (Å²) in [6.45, 7) is 3.86. The summed E-state index contributed by atoms with van der Waals surface area (Å²) in [6.07, 6.45) is 18.1. The van der Waals surface area contributed by atoms with Gasteiger partial charge in [0.15, 0.2) is 5.78 Å². The van der Waals surface area contributed by atoms with Crippen molar-refractivity contribution >= 4 is 11.8 Å². The third-order valence-corrected chi connectivity index (χ3v) is 6.80. The van der Waals surface area contributed by atoms with E-state index in [4.69, 9.17) is 14.2 Å². The van der Waals surface area contributed by atoms with E-state index in [1.807, 2.05) is 6.08 Å². The number of ketones is 1. The summed E-state index contributed by atoms with van der Waals surface area (Å²) in [4.78, 5) is 23.2. The number of unbranched alkanes of at least 4 members (excludes halogenated alkanes) is 7. The molecule has 0 radical (unpaired) electrons. The smallest absolute Gasteiger partial charge is 0.302 e. The van der Waals surface area contributed by atoms with Crippen molar-refractivity contribution in [2.75, 3.05) is 6.61 Å². The van der Waals surface area contributed by atoms with Crippen LogP contribution < -0.4 is 0 Å². The van der Waals surface area contributed by atoms with Crippen LogP contribution in [0.4, 0.5) is 0 Å². The summed E-state index contributed by atoms with van der Waals surface area (Å²) < 4.78 is 17.0. The maximum Gasteiger partial charge on any atom is 0.302 e. The van der Waals surface area contributed by atoms with Gasteiger partial charge in [0.2, 0.25) is 0 Å². The molecule has 6 heteroatoms. The third-order valence-electron chi connectivity index (χ3n) is 6.80. The highest BCUT2D eigenvalue weighted by Crippen LogP contribution is 2.33. The van der Waals surface area contributed by atoms with Crippen LogP contribution in [-0.4, -0.2) is 54.0 Å². The lowest BCUT2D eigenvalue weighted by Crippen LogP contribution is -2.32. The molecule has 2 aliphatic heterocycles. The molecule has 5 atom stereocenters. The van der Waals surface area contributed by atoms with Gasteiger partial charge in [-0.15, -0.1) is 0 Å². The molecular weight excluding hydrogens is 420 g/mol. The Labute approximate surface area is 200 Å². The number of hydrogen-bond donors (Lipinski definition) is 1. The minimum atomic E-state index is -0.396. The Morgan fingerprint density at radius 2 is 1.61 bits per heavy atom. The second kappa shape index (κ2) is 16.4. The number of ether oxygens (including phenoxy) is 3. The molecule has 2 aliphatic rings. The lowest BCUT2D eigenvalue weighted by molar-refractivity contribution is -0.139. The number of allylic oxidation sites excluding steroid dienone is 1. The predicted molar refractivity (Wildman–Crippen MR) is 129 cm³/mol. The highest BCUT2D eigenvalue weighted by Gasteiger charge is 2.40. The number of aliphatic hydroxyl groups excluding tert-OH is 1. The van der Waals surface area contributed by atoms with E-state index in [0.717, 1.165) is 38.5 Å². The molecule has 0 unspecified atom stereocenters. The molecule has 0 saturated carbocycles. The minimum Gasteiger partial charge on any atom is -0.462 e. The molecule has 0 aromatic rings. The highest BCUT2D eigenvalue weighted by atomic mass is 16.6. The van der Waals surface area contributed by atoms with Gasteiger partial charge < -0.3 is 19.3 Å². The van der Waals surface area contributed by atoms with E-state index in [2.05, 4.69) is 6.92 Å². The second-order valence-corrected chi connectivity index (χ2v) is 9.64. The number of rotatable bonds is 17. The van der Waals surface area contributed by atoms with Gasteiger partial charge in [0.05, 0.1) is 24.4 Å². The second-order valence-electron chi connectivity index (χ2n) is 9.64. The SMILES string of the molecule is CCCCCCCCCC[C@@H](O)[C@H]1CC[C@@H]([C@@H]2CC[C@H](C(=O)CC/C=C/COC(C)=O)O2)O1. The Balaban J connectivity index is 1.56. The molecule has 2 heterocycles. The van der Waals surface area contributed by atoms with Crippen molar-refractivity contribution in [2.24, 2.45) is 0 Å². The van der Waals surface area contributed by atoms with Crippen molar-refractivity contribution in [1.29, 1.82) is 0 Å². The fourth-order valence-electron chi connectivity index (χ4n) is 4.83. The van der Waals surface area contributed by atoms with E-state index in [-0.39, 0.29) is 42.8 Å². The van der Waals surface area contributed by atoms with Crippen LogP contribution in [0.25, 0.3) is 0 Å². The van der Waals surface area contributed by atoms with E-state index in [0.29, 0.717) is 12.8 Å². The third kappa shape index (κ3) is 11.2. The van der Waals surface area contributed by atoms with Crippen LogP contribution in [0.3, 0.4) is 0 Å². The van der Waals surface area contributed by atoms with E-state index in [1.165, 1.54) is 51.9 Å². The first-order valence-corrected chi connectivity index (χ1v) is 13.3. The molecule has 6 nitrogen and oxygen atoms in total. The average molecular weight is 467 g/mol. The standard InChI is InChI=1S/C27H46O6/c1-3-4-5-6-7-8-9-11-14-22(29)24-16-18-26(32-24)27-19-17-25(33-27)23(30)15-12-10-13-20-31-21(2)28/h10,13,22,24-27,29H,3-9,11-12,14-20H2,1-2H3/b13-10+/t22-,24-,25-,26+,27+/m1/s1. The summed E-state index contributed by atoms with van der Waals surface area (Å²) in [5.74, 6) is -0.183.